The van der Waals surface area contributed by atoms with Crippen LogP contribution in [0, 0.1) is 29.1 Å². The zero-order chi connectivity index (χ0) is 8.15. The molecule has 1 aliphatic rings. The average molecular weight is 139 g/mol. The smallest absolute Gasteiger partial charge is 0.0658 e. The predicted molar refractivity (Wildman–Crippen MR) is 43.4 cm³/mol. The van der Waals surface area contributed by atoms with E-state index in [0.717, 1.165) is 12.3 Å². The van der Waals surface area contributed by atoms with Crippen molar-refractivity contribution in [1.82, 2.24) is 0 Å². The monoisotopic (exact) mass is 139 g/mol. The fourth-order valence-electron chi connectivity index (χ4n) is 1.20. The maximum atomic E-state index is 8.42. The number of hydrogen-bond donors (Lipinski definition) is 0. The minimum absolute atomic E-state index is 0.366. The van der Waals surface area contributed by atoms with Gasteiger partial charge in [-0.05, 0) is 18.3 Å². The van der Waals surface area contributed by atoms with Gasteiger partial charge in [0.25, 0.3) is 0 Å². The van der Waals surface area contributed by atoms with E-state index in [1.165, 1.54) is 0 Å². The molecule has 0 N–H and O–H groups in total. The Morgan fingerprint density at radius 2 is 1.80 bits per heavy atom. The summed E-state index contributed by atoms with van der Waals surface area (Å²) in [5, 5.41) is 8.42. The third kappa shape index (κ3) is 1.73. The van der Waals surface area contributed by atoms with Crippen LogP contribution in [-0.4, -0.2) is 0 Å². The zero-order valence-electron chi connectivity index (χ0n) is 7.39. The van der Waals surface area contributed by atoms with Gasteiger partial charge in [0.1, 0.15) is 0 Å². The largest absolute Gasteiger partial charge is 0.198 e. The molecule has 58 valence electrons. The molecule has 0 spiro atoms. The van der Waals surface area contributed by atoms with Gasteiger partial charge in [0.15, 0.2) is 0 Å². The number of nitrogens with zero attached hydrogens (tertiary/aromatic N) is 1. The molecule has 3 unspecified atom stereocenters. The first-order chi connectivity index (χ1) is 4.75. The molecular formula is C9H17N. The molecule has 10 heavy (non-hydrogen) atoms. The van der Waals surface area contributed by atoms with E-state index in [4.69, 9.17) is 5.26 Å². The number of nitriles is 1. The highest BCUT2D eigenvalue weighted by Gasteiger charge is 2.33. The molecule has 0 aromatic rings. The molecule has 1 saturated carbocycles. The molecule has 3 atom stereocenters. The topological polar surface area (TPSA) is 23.8 Å². The average Bonchev–Trinajstić information content (AvgIpc) is 2.03. The van der Waals surface area contributed by atoms with Gasteiger partial charge in [0.05, 0.1) is 6.07 Å². The molecule has 1 nitrogen and oxygen atoms in total. The minimum Gasteiger partial charge on any atom is -0.198 e. The van der Waals surface area contributed by atoms with Crippen LogP contribution in [0.15, 0.2) is 0 Å². The van der Waals surface area contributed by atoms with E-state index >= 15 is 0 Å². The first kappa shape index (κ1) is 9.49. The van der Waals surface area contributed by atoms with Gasteiger partial charge in [0.2, 0.25) is 0 Å². The highest BCUT2D eigenvalue weighted by Crippen LogP contribution is 2.38. The van der Waals surface area contributed by atoms with Crippen molar-refractivity contribution in [3.05, 3.63) is 0 Å². The SMILES string of the molecule is CC.CC1CC(C#N)C1C. The minimum atomic E-state index is 0.366. The Hall–Kier alpha value is -0.510. The van der Waals surface area contributed by atoms with E-state index in [1.54, 1.807) is 0 Å². The Morgan fingerprint density at radius 1 is 1.30 bits per heavy atom. The second-order valence-corrected chi connectivity index (χ2v) is 2.81. The normalized spacial score (nSPS) is 36.5. The van der Waals surface area contributed by atoms with Crippen molar-refractivity contribution in [2.75, 3.05) is 0 Å². The van der Waals surface area contributed by atoms with Crippen LogP contribution in [0.4, 0.5) is 0 Å². The Kier molecular flexibility index (Phi) is 4.11. The fourth-order valence-corrected chi connectivity index (χ4v) is 1.20. The standard InChI is InChI=1S/C7H11N.C2H6/c1-5-3-7(4-8)6(5)2;1-2/h5-7H,3H2,1-2H3;1-2H3. The van der Waals surface area contributed by atoms with Crippen LogP contribution in [-0.2, 0) is 0 Å². The summed E-state index contributed by atoms with van der Waals surface area (Å²) in [7, 11) is 0. The number of hydrogen-bond acceptors (Lipinski definition) is 1. The second kappa shape index (κ2) is 4.33. The first-order valence-electron chi connectivity index (χ1n) is 4.15. The van der Waals surface area contributed by atoms with Gasteiger partial charge in [-0.15, -0.1) is 0 Å². The Morgan fingerprint density at radius 3 is 1.90 bits per heavy atom. The molecule has 0 aromatic heterocycles. The van der Waals surface area contributed by atoms with Crippen LogP contribution >= 0.6 is 0 Å². The highest BCUT2D eigenvalue weighted by molar-refractivity contribution is 4.96. The van der Waals surface area contributed by atoms with Gasteiger partial charge in [0, 0.05) is 5.92 Å². The molecule has 0 aromatic carbocycles. The molecule has 1 heteroatoms. The Labute approximate surface area is 64.1 Å². The Balaban J connectivity index is 0.000000371. The molecule has 1 fully saturated rings. The maximum absolute atomic E-state index is 8.42. The van der Waals surface area contributed by atoms with Crippen LogP contribution < -0.4 is 0 Å². The van der Waals surface area contributed by atoms with Crippen LogP contribution in [0.1, 0.15) is 34.1 Å². The van der Waals surface area contributed by atoms with E-state index in [2.05, 4.69) is 19.9 Å². The van der Waals surface area contributed by atoms with Gasteiger partial charge >= 0.3 is 0 Å². The summed E-state index contributed by atoms with van der Waals surface area (Å²) in [6, 6.07) is 2.28. The maximum Gasteiger partial charge on any atom is 0.0658 e. The van der Waals surface area contributed by atoms with E-state index in [1.807, 2.05) is 13.8 Å². The molecule has 0 bridgehead atoms. The van der Waals surface area contributed by atoms with Gasteiger partial charge in [-0.1, -0.05) is 27.7 Å². The van der Waals surface area contributed by atoms with Crippen molar-refractivity contribution in [3.8, 4) is 6.07 Å². The van der Waals surface area contributed by atoms with Crippen molar-refractivity contribution in [2.24, 2.45) is 17.8 Å². The first-order valence-corrected chi connectivity index (χ1v) is 4.15. The van der Waals surface area contributed by atoms with Crippen molar-refractivity contribution in [3.63, 3.8) is 0 Å². The molecule has 0 amide bonds. The zero-order valence-corrected chi connectivity index (χ0v) is 7.39. The van der Waals surface area contributed by atoms with E-state index < -0.39 is 0 Å². The lowest BCUT2D eigenvalue weighted by molar-refractivity contribution is 0.151. The van der Waals surface area contributed by atoms with Gasteiger partial charge in [-0.3, -0.25) is 0 Å². The third-order valence-electron chi connectivity index (χ3n) is 2.32. The van der Waals surface area contributed by atoms with E-state index in [0.29, 0.717) is 11.8 Å². The summed E-state index contributed by atoms with van der Waals surface area (Å²) >= 11 is 0. The van der Waals surface area contributed by atoms with Crippen LogP contribution in [0.3, 0.4) is 0 Å². The lowest BCUT2D eigenvalue weighted by atomic mass is 9.67. The summed E-state index contributed by atoms with van der Waals surface area (Å²) in [5.41, 5.74) is 0. The van der Waals surface area contributed by atoms with Crippen molar-refractivity contribution in [1.29, 1.82) is 5.26 Å². The van der Waals surface area contributed by atoms with Crippen LogP contribution in [0.5, 0.6) is 0 Å². The Bertz CT molecular complexity index is 123. The molecule has 0 saturated heterocycles. The molecule has 0 aliphatic heterocycles. The third-order valence-corrected chi connectivity index (χ3v) is 2.32. The summed E-state index contributed by atoms with van der Waals surface area (Å²) in [6.45, 7) is 8.36. The lowest BCUT2D eigenvalue weighted by Gasteiger charge is -2.35. The summed E-state index contributed by atoms with van der Waals surface area (Å²) < 4.78 is 0. The lowest BCUT2D eigenvalue weighted by Crippen LogP contribution is -2.30. The highest BCUT2D eigenvalue weighted by atomic mass is 14.4. The quantitative estimate of drug-likeness (QED) is 0.506. The predicted octanol–water partition coefficient (Wildman–Crippen LogP) is 2.83. The molecule has 0 heterocycles. The summed E-state index contributed by atoms with van der Waals surface area (Å²) in [5.74, 6) is 1.81. The van der Waals surface area contributed by atoms with Gasteiger partial charge in [-0.25, -0.2) is 0 Å². The molecular weight excluding hydrogens is 122 g/mol. The van der Waals surface area contributed by atoms with Crippen molar-refractivity contribution < 1.29 is 0 Å². The molecule has 0 radical (unpaired) electrons. The van der Waals surface area contributed by atoms with Crippen molar-refractivity contribution in [2.45, 2.75) is 34.1 Å². The fraction of sp³-hybridized carbons (Fsp3) is 0.889. The molecule has 1 aliphatic carbocycles. The van der Waals surface area contributed by atoms with Gasteiger partial charge in [-0.2, -0.15) is 5.26 Å². The van der Waals surface area contributed by atoms with Crippen LogP contribution in [0.25, 0.3) is 0 Å². The molecule has 1 rings (SSSR count). The van der Waals surface area contributed by atoms with Crippen LogP contribution in [0.2, 0.25) is 0 Å². The van der Waals surface area contributed by atoms with E-state index in [9.17, 15) is 0 Å². The van der Waals surface area contributed by atoms with Crippen molar-refractivity contribution >= 4 is 0 Å². The summed E-state index contributed by atoms with van der Waals surface area (Å²) in [6.07, 6.45) is 1.12. The van der Waals surface area contributed by atoms with E-state index in [-0.39, 0.29) is 0 Å². The number of rotatable bonds is 0. The van der Waals surface area contributed by atoms with Gasteiger partial charge < -0.3 is 0 Å². The summed E-state index contributed by atoms with van der Waals surface area (Å²) in [4.78, 5) is 0. The second-order valence-electron chi connectivity index (χ2n) is 2.81.